The third-order valence-corrected chi connectivity index (χ3v) is 6.38. The Morgan fingerprint density at radius 1 is 0.452 bits per heavy atom. The highest BCUT2D eigenvalue weighted by Crippen LogP contribution is 2.21. The van der Waals surface area contributed by atoms with Crippen LogP contribution in [-0.4, -0.2) is 135 Å². The monoisotopic (exact) mass is 617 g/mol. The van der Waals surface area contributed by atoms with Gasteiger partial charge in [-0.3, -0.25) is 14.5 Å². The van der Waals surface area contributed by atoms with Crippen molar-refractivity contribution >= 4 is 23.4 Å². The lowest BCUT2D eigenvalue weighted by atomic mass is 10.1. The Hall–Kier alpha value is -1.67. The number of halogens is 1. The molecule has 1 aliphatic rings. The van der Waals surface area contributed by atoms with Gasteiger partial charge < -0.3 is 37.9 Å². The molecule has 1 aromatic carbocycles. The minimum Gasteiger partial charge on any atom is -0.379 e. The number of unbranched alkanes of at least 4 members (excludes halogenated alkanes) is 3. The molecule has 2 amide bonds. The lowest BCUT2D eigenvalue weighted by Crippen LogP contribution is -2.33. The predicted molar refractivity (Wildman–Crippen MR) is 158 cm³/mol. The van der Waals surface area contributed by atoms with E-state index >= 15 is 0 Å². The summed E-state index contributed by atoms with van der Waals surface area (Å²) in [5.74, 6) is 0.191. The topological polar surface area (TPSA) is 111 Å². The van der Waals surface area contributed by atoms with Crippen LogP contribution >= 0.6 is 11.6 Å². The first-order valence-electron chi connectivity index (χ1n) is 14.9. The van der Waals surface area contributed by atoms with Gasteiger partial charge in [0.1, 0.15) is 0 Å². The SMILES string of the molecule is O=C1c2ccccc2C(=O)N1CCOCCOCCOCCOCCOCCOCCOCCOCCCCCCCl. The fraction of sp³-hybridized carbons (Fsp3) is 0.733. The number of amides is 2. The smallest absolute Gasteiger partial charge is 0.261 e. The Labute approximate surface area is 254 Å². The van der Waals surface area contributed by atoms with Crippen molar-refractivity contribution in [2.75, 3.05) is 118 Å². The summed E-state index contributed by atoms with van der Waals surface area (Å²) in [6.45, 7) is 8.18. The first-order valence-corrected chi connectivity index (χ1v) is 15.4. The summed E-state index contributed by atoms with van der Waals surface area (Å²) in [4.78, 5) is 25.8. The van der Waals surface area contributed by atoms with Crippen LogP contribution in [0.15, 0.2) is 24.3 Å². The highest BCUT2D eigenvalue weighted by Gasteiger charge is 2.34. The standard InChI is InChI=1S/C30H48ClNO10/c31-9-5-1-2-6-11-35-13-15-37-17-19-39-21-23-41-25-26-42-24-22-40-20-18-38-16-14-36-12-10-32-29(33)27-7-3-4-8-28(27)30(32)34/h3-4,7-8H,1-2,5-6,9-26H2. The van der Waals surface area contributed by atoms with Crippen molar-refractivity contribution in [1.82, 2.24) is 4.90 Å². The van der Waals surface area contributed by atoms with Gasteiger partial charge in [-0.25, -0.2) is 0 Å². The van der Waals surface area contributed by atoms with Crippen molar-refractivity contribution in [3.8, 4) is 0 Å². The van der Waals surface area contributed by atoms with E-state index in [1.54, 1.807) is 24.3 Å². The molecule has 12 heteroatoms. The molecule has 0 N–H and O–H groups in total. The Morgan fingerprint density at radius 3 is 1.17 bits per heavy atom. The molecule has 0 radical (unpaired) electrons. The van der Waals surface area contributed by atoms with E-state index in [4.69, 9.17) is 49.5 Å². The van der Waals surface area contributed by atoms with Crippen molar-refractivity contribution in [2.24, 2.45) is 0 Å². The minimum atomic E-state index is -0.274. The first kappa shape index (κ1) is 36.5. The van der Waals surface area contributed by atoms with E-state index in [-0.39, 0.29) is 25.0 Å². The number of carbonyl (C=O) groups is 2. The molecule has 240 valence electrons. The van der Waals surface area contributed by atoms with Crippen LogP contribution in [0.1, 0.15) is 46.4 Å². The molecule has 11 nitrogen and oxygen atoms in total. The summed E-state index contributed by atoms with van der Waals surface area (Å²) >= 11 is 5.65. The van der Waals surface area contributed by atoms with Crippen LogP contribution in [0.2, 0.25) is 0 Å². The normalized spacial score (nSPS) is 12.9. The summed E-state index contributed by atoms with van der Waals surface area (Å²) in [5, 5.41) is 0. The fourth-order valence-electron chi connectivity index (χ4n) is 3.89. The summed E-state index contributed by atoms with van der Waals surface area (Å²) in [6.07, 6.45) is 4.47. The van der Waals surface area contributed by atoms with Crippen molar-refractivity contribution in [3.63, 3.8) is 0 Å². The van der Waals surface area contributed by atoms with E-state index in [0.29, 0.717) is 104 Å². The zero-order valence-corrected chi connectivity index (χ0v) is 25.5. The van der Waals surface area contributed by atoms with Crippen LogP contribution in [0, 0.1) is 0 Å². The molecule has 0 saturated carbocycles. The number of benzene rings is 1. The number of ether oxygens (including phenoxy) is 8. The van der Waals surface area contributed by atoms with Gasteiger partial charge in [0.2, 0.25) is 0 Å². The van der Waals surface area contributed by atoms with Crippen molar-refractivity contribution in [1.29, 1.82) is 0 Å². The van der Waals surface area contributed by atoms with Gasteiger partial charge in [0, 0.05) is 12.5 Å². The second-order valence-corrected chi connectivity index (χ2v) is 9.69. The zero-order valence-electron chi connectivity index (χ0n) is 24.8. The molecule has 0 spiro atoms. The zero-order chi connectivity index (χ0) is 29.9. The molecule has 0 atom stereocenters. The molecular weight excluding hydrogens is 570 g/mol. The van der Waals surface area contributed by atoms with E-state index in [2.05, 4.69) is 0 Å². The molecule has 0 unspecified atom stereocenters. The van der Waals surface area contributed by atoms with Gasteiger partial charge in [-0.2, -0.15) is 0 Å². The molecule has 42 heavy (non-hydrogen) atoms. The van der Waals surface area contributed by atoms with Gasteiger partial charge in [0.05, 0.1) is 117 Å². The van der Waals surface area contributed by atoms with Crippen molar-refractivity contribution in [3.05, 3.63) is 35.4 Å². The van der Waals surface area contributed by atoms with Crippen molar-refractivity contribution < 1.29 is 47.5 Å². The van der Waals surface area contributed by atoms with Gasteiger partial charge in [-0.05, 0) is 25.0 Å². The highest BCUT2D eigenvalue weighted by molar-refractivity contribution is 6.21. The lowest BCUT2D eigenvalue weighted by Gasteiger charge is -2.13. The summed E-state index contributed by atoms with van der Waals surface area (Å²) in [5.41, 5.74) is 0.891. The Bertz CT molecular complexity index is 796. The lowest BCUT2D eigenvalue weighted by molar-refractivity contribution is -0.0233. The molecule has 1 heterocycles. The van der Waals surface area contributed by atoms with E-state index in [0.717, 1.165) is 31.7 Å². The minimum absolute atomic E-state index is 0.220. The van der Waals surface area contributed by atoms with Gasteiger partial charge in [-0.15, -0.1) is 11.6 Å². The van der Waals surface area contributed by atoms with E-state index in [9.17, 15) is 9.59 Å². The average Bonchev–Trinajstić information content (AvgIpc) is 3.25. The third-order valence-electron chi connectivity index (χ3n) is 6.11. The summed E-state index contributed by atoms with van der Waals surface area (Å²) in [6, 6.07) is 6.83. The Balaban J connectivity index is 1.21. The molecule has 0 aliphatic carbocycles. The molecule has 0 bridgehead atoms. The summed E-state index contributed by atoms with van der Waals surface area (Å²) in [7, 11) is 0. The van der Waals surface area contributed by atoms with E-state index in [1.807, 2.05) is 0 Å². The van der Waals surface area contributed by atoms with Gasteiger partial charge in [-0.1, -0.05) is 25.0 Å². The van der Waals surface area contributed by atoms with Crippen LogP contribution in [0.3, 0.4) is 0 Å². The number of imide groups is 1. The predicted octanol–water partition coefficient (Wildman–Crippen LogP) is 3.21. The quantitative estimate of drug-likeness (QED) is 0.0725. The highest BCUT2D eigenvalue weighted by atomic mass is 35.5. The number of nitrogens with zero attached hydrogens (tertiary/aromatic N) is 1. The second-order valence-electron chi connectivity index (χ2n) is 9.31. The number of hydrogen-bond donors (Lipinski definition) is 0. The number of rotatable bonds is 30. The van der Waals surface area contributed by atoms with Gasteiger partial charge >= 0.3 is 0 Å². The number of alkyl halides is 1. The van der Waals surface area contributed by atoms with Crippen LogP contribution in [0.25, 0.3) is 0 Å². The summed E-state index contributed by atoms with van der Waals surface area (Å²) < 4.78 is 43.8. The maximum atomic E-state index is 12.3. The largest absolute Gasteiger partial charge is 0.379 e. The number of hydrogen-bond acceptors (Lipinski definition) is 10. The van der Waals surface area contributed by atoms with Crippen molar-refractivity contribution in [2.45, 2.75) is 25.7 Å². The number of fused-ring (bicyclic) bond motifs is 1. The Morgan fingerprint density at radius 2 is 0.786 bits per heavy atom. The van der Waals surface area contributed by atoms with Crippen LogP contribution in [-0.2, 0) is 37.9 Å². The van der Waals surface area contributed by atoms with Crippen LogP contribution in [0.5, 0.6) is 0 Å². The van der Waals surface area contributed by atoms with Crippen LogP contribution < -0.4 is 0 Å². The van der Waals surface area contributed by atoms with Gasteiger partial charge in [0.15, 0.2) is 0 Å². The maximum absolute atomic E-state index is 12.3. The average molecular weight is 618 g/mol. The third kappa shape index (κ3) is 16.8. The first-order chi connectivity index (χ1) is 20.8. The van der Waals surface area contributed by atoms with E-state index < -0.39 is 0 Å². The molecule has 1 aromatic rings. The fourth-order valence-corrected chi connectivity index (χ4v) is 4.08. The Kier molecular flexibility index (Phi) is 22.4. The number of carbonyl (C=O) groups excluding carboxylic acids is 2. The van der Waals surface area contributed by atoms with Crippen LogP contribution in [0.4, 0.5) is 0 Å². The van der Waals surface area contributed by atoms with E-state index in [1.165, 1.54) is 11.3 Å². The molecule has 0 saturated heterocycles. The molecule has 1 aliphatic heterocycles. The molecule has 2 rings (SSSR count). The maximum Gasteiger partial charge on any atom is 0.261 e. The molecular formula is C30H48ClNO10. The second kappa shape index (κ2) is 25.8. The van der Waals surface area contributed by atoms with Gasteiger partial charge in [0.25, 0.3) is 11.8 Å². The molecule has 0 aromatic heterocycles. The molecule has 0 fully saturated rings.